The molecule has 2 rings (SSSR count). The van der Waals surface area contributed by atoms with E-state index in [0.29, 0.717) is 5.56 Å². The molecular weight excluding hydrogens is 344 g/mol. The molecule has 0 fully saturated rings. The molecule has 0 bridgehead atoms. The highest BCUT2D eigenvalue weighted by atomic mass is 19.1. The van der Waals surface area contributed by atoms with E-state index in [9.17, 15) is 23.7 Å². The number of rotatable bonds is 6. The number of nitro groups is 1. The van der Waals surface area contributed by atoms with Crippen LogP contribution < -0.4 is 10.6 Å². The molecule has 8 heteroatoms. The molecule has 2 aromatic carbocycles. The van der Waals surface area contributed by atoms with Crippen molar-refractivity contribution in [2.45, 2.75) is 26.8 Å². The van der Waals surface area contributed by atoms with E-state index in [4.69, 9.17) is 0 Å². The molecule has 0 unspecified atom stereocenters. The number of quaternary nitrogens is 1. The number of carbonyl (C=O) groups is 1. The number of hydrogen-bond acceptors (Lipinski definition) is 3. The number of nitrogens with one attached hydrogen (secondary N) is 1. The van der Waals surface area contributed by atoms with Crippen LogP contribution in [0.5, 0.6) is 0 Å². The third kappa shape index (κ3) is 4.40. The summed E-state index contributed by atoms with van der Waals surface area (Å²) in [5.74, 6) is -1.80. The lowest BCUT2D eigenvalue weighted by Crippen LogP contribution is -2.86. The van der Waals surface area contributed by atoms with E-state index in [2.05, 4.69) is 5.32 Å². The minimum absolute atomic E-state index is 0.0669. The smallest absolute Gasteiger partial charge is 0.293 e. The van der Waals surface area contributed by atoms with Gasteiger partial charge >= 0.3 is 0 Å². The van der Waals surface area contributed by atoms with Crippen LogP contribution in [-0.2, 0) is 4.79 Å². The van der Waals surface area contributed by atoms with Crippen molar-refractivity contribution in [2.24, 2.45) is 0 Å². The number of amides is 1. The number of nitrogens with zero attached hydrogens (tertiary/aromatic N) is 1. The molecule has 6 nitrogen and oxygen atoms in total. The van der Waals surface area contributed by atoms with E-state index in [1.54, 1.807) is 32.2 Å². The third-order valence-corrected chi connectivity index (χ3v) is 4.28. The van der Waals surface area contributed by atoms with Crippen molar-refractivity contribution in [2.75, 3.05) is 11.9 Å². The van der Waals surface area contributed by atoms with Crippen molar-refractivity contribution < 1.29 is 23.8 Å². The first-order valence-corrected chi connectivity index (χ1v) is 8.03. The van der Waals surface area contributed by atoms with Gasteiger partial charge in [-0.1, -0.05) is 6.07 Å². The molecule has 0 spiro atoms. The van der Waals surface area contributed by atoms with E-state index in [1.807, 2.05) is 0 Å². The molecule has 1 atom stereocenters. The summed E-state index contributed by atoms with van der Waals surface area (Å²) in [6.07, 6.45) is 0. The maximum absolute atomic E-state index is 13.8. The maximum atomic E-state index is 13.8. The largest absolute Gasteiger partial charge is 0.332 e. The Kier molecular flexibility index (Phi) is 5.99. The number of halogens is 2. The van der Waals surface area contributed by atoms with E-state index < -0.39 is 28.5 Å². The molecule has 0 saturated heterocycles. The van der Waals surface area contributed by atoms with Crippen molar-refractivity contribution in [1.29, 1.82) is 0 Å². The molecule has 0 aliphatic carbocycles. The lowest BCUT2D eigenvalue weighted by atomic mass is 10.1. The summed E-state index contributed by atoms with van der Waals surface area (Å²) in [5, 5.41) is 15.3. The fourth-order valence-corrected chi connectivity index (χ4v) is 2.58. The molecular formula is C18H20F2N3O3+. The van der Waals surface area contributed by atoms with Crippen molar-refractivity contribution in [1.82, 2.24) is 0 Å². The van der Waals surface area contributed by atoms with Crippen LogP contribution in [0, 0.1) is 35.6 Å². The number of hydrogen-bond donors (Lipinski definition) is 2. The van der Waals surface area contributed by atoms with Gasteiger partial charge in [-0.2, -0.15) is 0 Å². The fraction of sp³-hybridized carbons (Fsp3) is 0.278. The second-order valence-corrected chi connectivity index (χ2v) is 6.10. The lowest BCUT2D eigenvalue weighted by Gasteiger charge is -2.13. The van der Waals surface area contributed by atoms with Gasteiger partial charge in [-0.3, -0.25) is 14.9 Å². The molecule has 0 saturated carbocycles. The van der Waals surface area contributed by atoms with Crippen molar-refractivity contribution in [3.05, 3.63) is 68.8 Å². The molecule has 0 aromatic heterocycles. The normalized spacial score (nSPS) is 11.9. The number of benzene rings is 2. The summed E-state index contributed by atoms with van der Waals surface area (Å²) in [6.45, 7) is 5.10. The van der Waals surface area contributed by atoms with Crippen LogP contribution in [0.4, 0.5) is 20.2 Å². The molecule has 138 valence electrons. The first-order chi connectivity index (χ1) is 12.2. The van der Waals surface area contributed by atoms with Gasteiger partial charge < -0.3 is 10.6 Å². The van der Waals surface area contributed by atoms with Gasteiger partial charge in [-0.25, -0.2) is 8.78 Å². The van der Waals surface area contributed by atoms with Crippen LogP contribution in [0.15, 0.2) is 30.3 Å². The highest BCUT2D eigenvalue weighted by Crippen LogP contribution is 2.30. The predicted octanol–water partition coefficient (Wildman–Crippen LogP) is 2.75. The van der Waals surface area contributed by atoms with Gasteiger partial charge in [-0.05, 0) is 44.0 Å². The van der Waals surface area contributed by atoms with Crippen LogP contribution in [0.1, 0.15) is 29.7 Å². The second kappa shape index (κ2) is 8.01. The average molecular weight is 364 g/mol. The maximum Gasteiger partial charge on any atom is 0.293 e. The zero-order valence-electron chi connectivity index (χ0n) is 14.7. The molecule has 1 amide bonds. The molecule has 2 aromatic rings. The van der Waals surface area contributed by atoms with Crippen molar-refractivity contribution in [3.63, 3.8) is 0 Å². The van der Waals surface area contributed by atoms with Gasteiger partial charge in [0, 0.05) is 17.7 Å². The molecule has 0 heterocycles. The number of anilines is 1. The SMILES string of the molecule is Cc1ccc([N+](=O)[O-])c(NC(=O)C[NH2+][C@@H](C)c2ccc(F)cc2F)c1C. The zero-order chi connectivity index (χ0) is 19.4. The van der Waals surface area contributed by atoms with E-state index in [1.165, 1.54) is 12.1 Å². The Morgan fingerprint density at radius 1 is 1.27 bits per heavy atom. The van der Waals surface area contributed by atoms with Gasteiger partial charge in [0.05, 0.1) is 4.92 Å². The Bertz CT molecular complexity index is 856. The Morgan fingerprint density at radius 3 is 2.58 bits per heavy atom. The number of carbonyl (C=O) groups excluding carboxylic acids is 1. The van der Waals surface area contributed by atoms with Gasteiger partial charge in [0.25, 0.3) is 11.6 Å². The second-order valence-electron chi connectivity index (χ2n) is 6.10. The third-order valence-electron chi connectivity index (χ3n) is 4.28. The molecule has 0 radical (unpaired) electrons. The van der Waals surface area contributed by atoms with Crippen LogP contribution in [0.25, 0.3) is 0 Å². The minimum Gasteiger partial charge on any atom is -0.332 e. The molecule has 0 aliphatic heterocycles. The number of aryl methyl sites for hydroxylation is 1. The summed E-state index contributed by atoms with van der Waals surface area (Å²) in [4.78, 5) is 22.8. The van der Waals surface area contributed by atoms with Gasteiger partial charge in [0.15, 0.2) is 6.54 Å². The van der Waals surface area contributed by atoms with Crippen molar-refractivity contribution >= 4 is 17.3 Å². The average Bonchev–Trinajstić information content (AvgIpc) is 2.56. The summed E-state index contributed by atoms with van der Waals surface area (Å²) in [7, 11) is 0. The summed E-state index contributed by atoms with van der Waals surface area (Å²) in [6, 6.07) is 5.82. The van der Waals surface area contributed by atoms with Crippen LogP contribution in [0.2, 0.25) is 0 Å². The van der Waals surface area contributed by atoms with Gasteiger partial charge in [0.2, 0.25) is 0 Å². The first-order valence-electron chi connectivity index (χ1n) is 8.03. The topological polar surface area (TPSA) is 88.9 Å². The molecule has 26 heavy (non-hydrogen) atoms. The van der Waals surface area contributed by atoms with Crippen LogP contribution in [0.3, 0.4) is 0 Å². The Morgan fingerprint density at radius 2 is 1.96 bits per heavy atom. The van der Waals surface area contributed by atoms with Crippen molar-refractivity contribution in [3.8, 4) is 0 Å². The van der Waals surface area contributed by atoms with E-state index in [0.717, 1.165) is 17.7 Å². The number of nitro benzene ring substituents is 1. The van der Waals surface area contributed by atoms with Gasteiger partial charge in [0.1, 0.15) is 23.4 Å². The van der Waals surface area contributed by atoms with E-state index >= 15 is 0 Å². The Balaban J connectivity index is 2.08. The summed E-state index contributed by atoms with van der Waals surface area (Å²) in [5.41, 5.74) is 1.69. The highest BCUT2D eigenvalue weighted by Gasteiger charge is 2.21. The lowest BCUT2D eigenvalue weighted by molar-refractivity contribution is -0.682. The predicted molar refractivity (Wildman–Crippen MR) is 92.8 cm³/mol. The fourth-order valence-electron chi connectivity index (χ4n) is 2.58. The van der Waals surface area contributed by atoms with Crippen LogP contribution in [-0.4, -0.2) is 17.4 Å². The van der Waals surface area contributed by atoms with E-state index in [-0.39, 0.29) is 23.5 Å². The molecule has 0 aliphatic rings. The zero-order valence-corrected chi connectivity index (χ0v) is 14.7. The molecule has 3 N–H and O–H groups in total. The minimum atomic E-state index is -0.681. The van der Waals surface area contributed by atoms with Crippen LogP contribution >= 0.6 is 0 Å². The van der Waals surface area contributed by atoms with Gasteiger partial charge in [-0.15, -0.1) is 0 Å². The Hall–Kier alpha value is -2.87. The summed E-state index contributed by atoms with van der Waals surface area (Å²) < 4.78 is 26.7. The number of nitrogens with two attached hydrogens (primary N) is 1. The first kappa shape index (κ1) is 19.5. The standard InChI is InChI=1S/C18H19F2N3O3/c1-10-4-7-16(23(25)26)18(11(10)2)22-17(24)9-21-12(3)14-6-5-13(19)8-15(14)20/h4-8,12,21H,9H2,1-3H3,(H,22,24)/p+1/t12-/m0/s1. The Labute approximate surface area is 149 Å². The quantitative estimate of drug-likeness (QED) is 0.610. The monoisotopic (exact) mass is 364 g/mol. The highest BCUT2D eigenvalue weighted by molar-refractivity contribution is 5.94. The summed E-state index contributed by atoms with van der Waals surface area (Å²) >= 11 is 0.